The number of aryl methyl sites for hydroxylation is 1. The van der Waals surface area contributed by atoms with Gasteiger partial charge in [0.05, 0.1) is 22.3 Å². The average Bonchev–Trinajstić information content (AvgIpc) is 3.24. The first-order valence-corrected chi connectivity index (χ1v) is 10.7. The lowest BCUT2D eigenvalue weighted by atomic mass is 9.97. The number of piperidine rings is 1. The second kappa shape index (κ2) is 7.40. The highest BCUT2D eigenvalue weighted by atomic mass is 16.3. The summed E-state index contributed by atoms with van der Waals surface area (Å²) in [5, 5.41) is 21.1. The topological polar surface area (TPSA) is 94.1 Å². The second-order valence-electron chi connectivity index (χ2n) is 8.54. The largest absolute Gasteiger partial charge is 0.508 e. The van der Waals surface area contributed by atoms with Crippen LogP contribution in [0.25, 0.3) is 22.3 Å². The highest BCUT2D eigenvalue weighted by Gasteiger charge is 2.39. The van der Waals surface area contributed by atoms with Crippen LogP contribution in [0.5, 0.6) is 5.75 Å². The van der Waals surface area contributed by atoms with E-state index in [1.165, 1.54) is 12.8 Å². The molecular formula is C23H27N5O2. The molecule has 0 spiro atoms. The van der Waals surface area contributed by atoms with Gasteiger partial charge in [-0.2, -0.15) is 5.10 Å². The van der Waals surface area contributed by atoms with E-state index in [9.17, 15) is 9.90 Å². The van der Waals surface area contributed by atoms with Crippen LogP contribution in [0.3, 0.4) is 0 Å². The number of aromatic hydroxyl groups is 1. The highest BCUT2D eigenvalue weighted by molar-refractivity contribution is 6.07. The van der Waals surface area contributed by atoms with Crippen LogP contribution in [0.1, 0.15) is 48.7 Å². The number of hydrogen-bond acceptors (Lipinski definition) is 5. The summed E-state index contributed by atoms with van der Waals surface area (Å²) in [6, 6.07) is 10.0. The van der Waals surface area contributed by atoms with Gasteiger partial charge >= 0.3 is 0 Å². The van der Waals surface area contributed by atoms with Gasteiger partial charge in [-0.15, -0.1) is 0 Å². The SMILES string of the molecule is CCc1n[nH]c2nc(-c3ccc(O)cc3)cc(C(=O)NC3CC4CCC(C3)N4C)c12. The van der Waals surface area contributed by atoms with Gasteiger partial charge in [0.15, 0.2) is 5.65 Å². The number of nitrogens with zero attached hydrogens (tertiary/aromatic N) is 3. The molecule has 4 heterocycles. The Morgan fingerprint density at radius 3 is 2.60 bits per heavy atom. The van der Waals surface area contributed by atoms with E-state index in [2.05, 4.69) is 27.5 Å². The summed E-state index contributed by atoms with van der Waals surface area (Å²) in [5.41, 5.74) is 3.60. The van der Waals surface area contributed by atoms with Crippen molar-refractivity contribution >= 4 is 16.9 Å². The number of carbonyl (C=O) groups excluding carboxylic acids is 1. The van der Waals surface area contributed by atoms with Crippen molar-refractivity contribution in [1.82, 2.24) is 25.4 Å². The average molecular weight is 406 g/mol. The molecule has 2 unspecified atom stereocenters. The molecule has 5 rings (SSSR count). The van der Waals surface area contributed by atoms with Crippen LogP contribution in [0.15, 0.2) is 30.3 Å². The van der Waals surface area contributed by atoms with E-state index < -0.39 is 0 Å². The maximum atomic E-state index is 13.4. The molecule has 1 amide bonds. The van der Waals surface area contributed by atoms with Gasteiger partial charge in [0.1, 0.15) is 5.75 Å². The lowest BCUT2D eigenvalue weighted by Crippen LogP contribution is -2.48. The van der Waals surface area contributed by atoms with Crippen molar-refractivity contribution in [3.8, 4) is 17.0 Å². The van der Waals surface area contributed by atoms with Crippen LogP contribution in [0, 0.1) is 0 Å². The lowest BCUT2D eigenvalue weighted by Gasteiger charge is -2.36. The van der Waals surface area contributed by atoms with Gasteiger partial charge in [-0.1, -0.05) is 6.92 Å². The minimum absolute atomic E-state index is 0.0625. The van der Waals surface area contributed by atoms with Gasteiger partial charge in [-0.25, -0.2) is 4.98 Å². The molecule has 0 radical (unpaired) electrons. The summed E-state index contributed by atoms with van der Waals surface area (Å²) in [7, 11) is 2.20. The van der Waals surface area contributed by atoms with Crippen molar-refractivity contribution in [2.24, 2.45) is 0 Å². The molecule has 2 bridgehead atoms. The first-order chi connectivity index (χ1) is 14.5. The fraction of sp³-hybridized carbons (Fsp3) is 0.435. The zero-order valence-electron chi connectivity index (χ0n) is 17.4. The minimum atomic E-state index is -0.0625. The number of benzene rings is 1. The summed E-state index contributed by atoms with van der Waals surface area (Å²) in [6.07, 6.45) is 5.17. The van der Waals surface area contributed by atoms with Crippen molar-refractivity contribution in [2.75, 3.05) is 7.05 Å². The summed E-state index contributed by atoms with van der Waals surface area (Å²) in [5.74, 6) is 0.136. The molecule has 156 valence electrons. The first kappa shape index (κ1) is 19.1. The summed E-state index contributed by atoms with van der Waals surface area (Å²) < 4.78 is 0. The Morgan fingerprint density at radius 2 is 1.93 bits per heavy atom. The molecule has 2 fully saturated rings. The molecule has 2 aliphatic rings. The predicted molar refractivity (Wildman–Crippen MR) is 115 cm³/mol. The minimum Gasteiger partial charge on any atom is -0.508 e. The van der Waals surface area contributed by atoms with Crippen LogP contribution >= 0.6 is 0 Å². The number of aromatic nitrogens is 3. The van der Waals surface area contributed by atoms with Crippen molar-refractivity contribution in [1.29, 1.82) is 0 Å². The molecule has 2 aliphatic heterocycles. The number of phenolic OH excluding ortho intramolecular Hbond substituents is 1. The van der Waals surface area contributed by atoms with E-state index in [0.717, 1.165) is 35.9 Å². The molecule has 0 aliphatic carbocycles. The number of fused-ring (bicyclic) bond motifs is 3. The predicted octanol–water partition coefficient (Wildman–Crippen LogP) is 3.25. The van der Waals surface area contributed by atoms with Gasteiger partial charge in [0.2, 0.25) is 0 Å². The van der Waals surface area contributed by atoms with E-state index >= 15 is 0 Å². The number of hydrogen-bond donors (Lipinski definition) is 3. The molecular weight excluding hydrogens is 378 g/mol. The maximum absolute atomic E-state index is 13.4. The normalized spacial score (nSPS) is 23.7. The zero-order valence-corrected chi connectivity index (χ0v) is 17.4. The van der Waals surface area contributed by atoms with E-state index in [1.807, 2.05) is 13.0 Å². The Hall–Kier alpha value is -2.93. The monoisotopic (exact) mass is 405 g/mol. The number of rotatable bonds is 4. The van der Waals surface area contributed by atoms with Crippen molar-refractivity contribution in [2.45, 2.75) is 57.2 Å². The third kappa shape index (κ3) is 3.23. The number of phenols is 1. The maximum Gasteiger partial charge on any atom is 0.252 e. The van der Waals surface area contributed by atoms with Gasteiger partial charge in [-0.05, 0) is 69.5 Å². The van der Waals surface area contributed by atoms with E-state index in [1.54, 1.807) is 24.3 Å². The Morgan fingerprint density at radius 1 is 1.23 bits per heavy atom. The number of pyridine rings is 1. The highest BCUT2D eigenvalue weighted by Crippen LogP contribution is 2.34. The summed E-state index contributed by atoms with van der Waals surface area (Å²) >= 11 is 0. The third-order valence-corrected chi connectivity index (χ3v) is 6.78. The van der Waals surface area contributed by atoms with Gasteiger partial charge in [-0.3, -0.25) is 9.89 Å². The molecule has 3 N–H and O–H groups in total. The number of amides is 1. The van der Waals surface area contributed by atoms with Crippen LogP contribution in [0.4, 0.5) is 0 Å². The Kier molecular flexibility index (Phi) is 4.70. The summed E-state index contributed by atoms with van der Waals surface area (Å²) in [6.45, 7) is 2.03. The van der Waals surface area contributed by atoms with Gasteiger partial charge in [0.25, 0.3) is 5.91 Å². The fourth-order valence-corrected chi connectivity index (χ4v) is 5.10. The number of aromatic amines is 1. The molecule has 7 heteroatoms. The van der Waals surface area contributed by atoms with E-state index in [0.29, 0.717) is 29.0 Å². The van der Waals surface area contributed by atoms with Crippen molar-refractivity contribution < 1.29 is 9.90 Å². The molecule has 30 heavy (non-hydrogen) atoms. The quantitative estimate of drug-likeness (QED) is 0.619. The van der Waals surface area contributed by atoms with Crippen molar-refractivity contribution in [3.63, 3.8) is 0 Å². The number of carbonyl (C=O) groups is 1. The van der Waals surface area contributed by atoms with Gasteiger partial charge < -0.3 is 15.3 Å². The van der Waals surface area contributed by atoms with E-state index in [4.69, 9.17) is 4.98 Å². The molecule has 3 aromatic rings. The second-order valence-corrected chi connectivity index (χ2v) is 8.54. The molecule has 0 saturated carbocycles. The third-order valence-electron chi connectivity index (χ3n) is 6.78. The standard InChI is InChI=1S/C23H27N5O2/c1-3-19-21-18(23(30)24-14-10-15-6-7-16(11-14)28(15)2)12-20(25-22(21)27-26-19)13-4-8-17(29)9-5-13/h4-5,8-9,12,14-16,29H,3,6-7,10-11H2,1-2H3,(H,24,30)(H,25,26,27). The molecule has 2 aromatic heterocycles. The smallest absolute Gasteiger partial charge is 0.252 e. The molecule has 2 saturated heterocycles. The molecule has 2 atom stereocenters. The van der Waals surface area contributed by atoms with Gasteiger partial charge in [0, 0.05) is 23.7 Å². The number of nitrogens with one attached hydrogen (secondary N) is 2. The van der Waals surface area contributed by atoms with Crippen LogP contribution in [-0.2, 0) is 6.42 Å². The molecule has 1 aromatic carbocycles. The summed E-state index contributed by atoms with van der Waals surface area (Å²) in [4.78, 5) is 20.6. The Balaban J connectivity index is 1.50. The van der Waals surface area contributed by atoms with Crippen LogP contribution in [0.2, 0.25) is 0 Å². The number of H-pyrrole nitrogens is 1. The van der Waals surface area contributed by atoms with Crippen LogP contribution in [-0.4, -0.2) is 56.3 Å². The molecule has 7 nitrogen and oxygen atoms in total. The zero-order chi connectivity index (χ0) is 20.8. The fourth-order valence-electron chi connectivity index (χ4n) is 5.10. The van der Waals surface area contributed by atoms with E-state index in [-0.39, 0.29) is 17.7 Å². The Labute approximate surface area is 175 Å². The van der Waals surface area contributed by atoms with Crippen LogP contribution < -0.4 is 5.32 Å². The Bertz CT molecular complexity index is 1080. The lowest BCUT2D eigenvalue weighted by molar-refractivity contribution is 0.0884. The first-order valence-electron chi connectivity index (χ1n) is 10.7. The van der Waals surface area contributed by atoms with Crippen molar-refractivity contribution in [3.05, 3.63) is 41.6 Å².